The van der Waals surface area contributed by atoms with Crippen LogP contribution in [0.2, 0.25) is 0 Å². The molecule has 7 heteroatoms. The smallest absolute Gasteiger partial charge is 0.341 e. The lowest BCUT2D eigenvalue weighted by Gasteiger charge is -2.13. The number of ether oxygens (including phenoxy) is 1. The molecule has 0 saturated heterocycles. The number of hydrogen-bond acceptors (Lipinski definition) is 6. The van der Waals surface area contributed by atoms with E-state index in [1.807, 2.05) is 6.92 Å². The minimum atomic E-state index is -0.839. The van der Waals surface area contributed by atoms with Crippen molar-refractivity contribution in [1.82, 2.24) is 9.97 Å². The van der Waals surface area contributed by atoms with E-state index in [0.29, 0.717) is 30.2 Å². The number of rotatable bonds is 7. The number of carbonyl (C=O) groups excluding carboxylic acids is 1. The molecular formula is C13H19N3O4. The lowest BCUT2D eigenvalue weighted by molar-refractivity contribution is -0.137. The van der Waals surface area contributed by atoms with Crippen molar-refractivity contribution in [3.8, 4) is 0 Å². The quantitative estimate of drug-likeness (QED) is 0.732. The molecule has 20 heavy (non-hydrogen) atoms. The fraction of sp³-hybridized carbons (Fsp3) is 0.538. The minimum absolute atomic E-state index is 0.0704. The highest BCUT2D eigenvalue weighted by Crippen LogP contribution is 2.10. The predicted molar refractivity (Wildman–Crippen MR) is 72.7 cm³/mol. The first-order valence-electron chi connectivity index (χ1n) is 6.43. The Labute approximate surface area is 117 Å². The van der Waals surface area contributed by atoms with Crippen LogP contribution in [-0.4, -0.2) is 39.7 Å². The second-order valence-electron chi connectivity index (χ2n) is 4.39. The second-order valence-corrected chi connectivity index (χ2v) is 4.39. The van der Waals surface area contributed by atoms with Crippen molar-refractivity contribution in [2.24, 2.45) is 0 Å². The van der Waals surface area contributed by atoms with Crippen LogP contribution in [-0.2, 0) is 9.53 Å². The number of carbonyl (C=O) groups is 2. The van der Waals surface area contributed by atoms with Crippen LogP contribution in [0.5, 0.6) is 0 Å². The average molecular weight is 281 g/mol. The molecule has 0 aromatic carbocycles. The molecule has 0 spiro atoms. The molecule has 0 bridgehead atoms. The van der Waals surface area contributed by atoms with Gasteiger partial charge in [-0.1, -0.05) is 0 Å². The third kappa shape index (κ3) is 4.83. The molecule has 1 aromatic rings. The first-order chi connectivity index (χ1) is 9.43. The van der Waals surface area contributed by atoms with E-state index in [0.717, 1.165) is 0 Å². The number of nitrogens with one attached hydrogen (secondary N) is 1. The lowest BCUT2D eigenvalue weighted by Crippen LogP contribution is -2.19. The van der Waals surface area contributed by atoms with Crippen LogP contribution in [0.1, 0.15) is 42.7 Å². The number of aromatic nitrogens is 2. The monoisotopic (exact) mass is 281 g/mol. The molecule has 0 radical (unpaired) electrons. The molecule has 0 amide bonds. The summed E-state index contributed by atoms with van der Waals surface area (Å²) in [6.07, 6.45) is 1.96. The average Bonchev–Trinajstić information content (AvgIpc) is 2.36. The van der Waals surface area contributed by atoms with Crippen LogP contribution in [0.4, 0.5) is 5.95 Å². The fourth-order valence-electron chi connectivity index (χ4n) is 1.58. The summed E-state index contributed by atoms with van der Waals surface area (Å²) in [5, 5.41) is 11.6. The largest absolute Gasteiger partial charge is 0.481 e. The molecule has 2 N–H and O–H groups in total. The zero-order valence-electron chi connectivity index (χ0n) is 11.8. The number of anilines is 1. The molecule has 0 aliphatic carbocycles. The van der Waals surface area contributed by atoms with Gasteiger partial charge in [-0.25, -0.2) is 14.8 Å². The molecule has 1 atom stereocenters. The molecular weight excluding hydrogens is 262 g/mol. The third-order valence-electron chi connectivity index (χ3n) is 2.64. The number of carboxylic acid groups (broad SMARTS) is 1. The second kappa shape index (κ2) is 7.42. The van der Waals surface area contributed by atoms with Gasteiger partial charge in [-0.2, -0.15) is 0 Å². The zero-order chi connectivity index (χ0) is 15.1. The molecule has 7 nitrogen and oxygen atoms in total. The zero-order valence-corrected chi connectivity index (χ0v) is 11.8. The van der Waals surface area contributed by atoms with Gasteiger partial charge < -0.3 is 15.2 Å². The summed E-state index contributed by atoms with van der Waals surface area (Å²) in [5.41, 5.74) is 0.849. The summed E-state index contributed by atoms with van der Waals surface area (Å²) in [5.74, 6) is -0.919. The standard InChI is InChI=1S/C13H19N3O4/c1-4-20-12(19)10-7-14-13(16-9(10)3)15-8(2)5-6-11(17)18/h7-8H,4-6H2,1-3H3,(H,17,18)(H,14,15,16). The molecule has 1 aromatic heterocycles. The van der Waals surface area contributed by atoms with Gasteiger partial charge in [0.05, 0.1) is 17.9 Å². The molecule has 1 heterocycles. The maximum absolute atomic E-state index is 11.6. The molecule has 0 aliphatic heterocycles. The van der Waals surface area contributed by atoms with Gasteiger partial charge in [0.2, 0.25) is 5.95 Å². The summed E-state index contributed by atoms with van der Waals surface area (Å²) in [6, 6.07) is -0.0704. The van der Waals surface area contributed by atoms with E-state index in [-0.39, 0.29) is 12.5 Å². The fourth-order valence-corrected chi connectivity index (χ4v) is 1.58. The summed E-state index contributed by atoms with van der Waals surface area (Å²) in [7, 11) is 0. The maximum atomic E-state index is 11.6. The third-order valence-corrected chi connectivity index (χ3v) is 2.64. The van der Waals surface area contributed by atoms with Crippen molar-refractivity contribution in [1.29, 1.82) is 0 Å². The van der Waals surface area contributed by atoms with Crippen LogP contribution in [0.15, 0.2) is 6.20 Å². The van der Waals surface area contributed by atoms with Gasteiger partial charge in [-0.3, -0.25) is 4.79 Å². The van der Waals surface area contributed by atoms with Crippen LogP contribution in [0, 0.1) is 6.92 Å². The number of hydrogen-bond donors (Lipinski definition) is 2. The van der Waals surface area contributed by atoms with Crippen molar-refractivity contribution in [2.75, 3.05) is 11.9 Å². The van der Waals surface area contributed by atoms with E-state index >= 15 is 0 Å². The SMILES string of the molecule is CCOC(=O)c1cnc(NC(C)CCC(=O)O)nc1C. The lowest BCUT2D eigenvalue weighted by atomic mass is 10.2. The van der Waals surface area contributed by atoms with Crippen LogP contribution in [0.3, 0.4) is 0 Å². The van der Waals surface area contributed by atoms with Crippen molar-refractivity contribution >= 4 is 17.9 Å². The predicted octanol–water partition coefficient (Wildman–Crippen LogP) is 1.63. The Morgan fingerprint density at radius 3 is 2.75 bits per heavy atom. The maximum Gasteiger partial charge on any atom is 0.341 e. The van der Waals surface area contributed by atoms with Gasteiger partial charge in [0.1, 0.15) is 0 Å². The Morgan fingerprint density at radius 1 is 1.50 bits per heavy atom. The number of aryl methyl sites for hydroxylation is 1. The first-order valence-corrected chi connectivity index (χ1v) is 6.43. The van der Waals surface area contributed by atoms with E-state index in [1.54, 1.807) is 13.8 Å². The summed E-state index contributed by atoms with van der Waals surface area (Å²) < 4.78 is 4.89. The van der Waals surface area contributed by atoms with Crippen molar-refractivity contribution in [3.05, 3.63) is 17.5 Å². The van der Waals surface area contributed by atoms with E-state index < -0.39 is 11.9 Å². The Hall–Kier alpha value is -2.18. The molecule has 110 valence electrons. The van der Waals surface area contributed by atoms with Crippen molar-refractivity contribution < 1.29 is 19.4 Å². The van der Waals surface area contributed by atoms with E-state index in [9.17, 15) is 9.59 Å². The van der Waals surface area contributed by atoms with Crippen LogP contribution < -0.4 is 5.32 Å². The van der Waals surface area contributed by atoms with E-state index in [1.165, 1.54) is 6.20 Å². The molecule has 1 unspecified atom stereocenters. The van der Waals surface area contributed by atoms with Gasteiger partial charge >= 0.3 is 11.9 Å². The topological polar surface area (TPSA) is 101 Å². The number of esters is 1. The highest BCUT2D eigenvalue weighted by molar-refractivity contribution is 5.90. The minimum Gasteiger partial charge on any atom is -0.481 e. The summed E-state index contributed by atoms with van der Waals surface area (Å²) in [6.45, 7) is 5.57. The Balaban J connectivity index is 2.67. The van der Waals surface area contributed by atoms with E-state index in [2.05, 4.69) is 15.3 Å². The van der Waals surface area contributed by atoms with Gasteiger partial charge in [-0.15, -0.1) is 0 Å². The number of carboxylic acids is 1. The Bertz CT molecular complexity index is 491. The first kappa shape index (κ1) is 15.9. The normalized spacial score (nSPS) is 11.8. The highest BCUT2D eigenvalue weighted by atomic mass is 16.5. The van der Waals surface area contributed by atoms with Gasteiger partial charge in [0.15, 0.2) is 0 Å². The Morgan fingerprint density at radius 2 is 2.20 bits per heavy atom. The molecule has 0 saturated carbocycles. The van der Waals surface area contributed by atoms with Crippen LogP contribution in [0.25, 0.3) is 0 Å². The van der Waals surface area contributed by atoms with E-state index in [4.69, 9.17) is 9.84 Å². The highest BCUT2D eigenvalue weighted by Gasteiger charge is 2.13. The number of aliphatic carboxylic acids is 1. The van der Waals surface area contributed by atoms with Gasteiger partial charge in [0, 0.05) is 18.7 Å². The molecule has 0 fully saturated rings. The summed E-state index contributed by atoms with van der Waals surface area (Å²) in [4.78, 5) is 30.3. The van der Waals surface area contributed by atoms with Crippen LogP contribution >= 0.6 is 0 Å². The van der Waals surface area contributed by atoms with Crippen molar-refractivity contribution in [3.63, 3.8) is 0 Å². The van der Waals surface area contributed by atoms with Gasteiger partial charge in [-0.05, 0) is 27.2 Å². The molecule has 1 rings (SSSR count). The van der Waals surface area contributed by atoms with Gasteiger partial charge in [0.25, 0.3) is 0 Å². The Kier molecular flexibility index (Phi) is 5.89. The summed E-state index contributed by atoms with van der Waals surface area (Å²) >= 11 is 0. The van der Waals surface area contributed by atoms with Crippen molar-refractivity contribution in [2.45, 2.75) is 39.7 Å². The molecule has 0 aliphatic rings. The number of nitrogens with zero attached hydrogens (tertiary/aromatic N) is 2.